The molecule has 0 fully saturated rings. The number of ether oxygens (including phenoxy) is 1. The first kappa shape index (κ1) is 42.7. The summed E-state index contributed by atoms with van der Waals surface area (Å²) in [5.74, 6) is -1.46. The van der Waals surface area contributed by atoms with Crippen molar-refractivity contribution in [3.63, 3.8) is 0 Å². The molecule has 1 aliphatic heterocycles. The number of rotatable bonds is 15. The molecular weight excluding hydrogens is 773 g/mol. The maximum absolute atomic E-state index is 13.1. The Labute approximate surface area is 342 Å². The molecule has 1 unspecified atom stereocenters. The number of carbonyl (C=O) groups excluding carboxylic acids is 1. The van der Waals surface area contributed by atoms with E-state index in [0.717, 1.165) is 43.7 Å². The van der Waals surface area contributed by atoms with Gasteiger partial charge in [0.05, 0.1) is 37.3 Å². The molecule has 4 aromatic carbocycles. The molecule has 0 amide bonds. The molecule has 14 heteroatoms. The normalized spacial score (nSPS) is 16.3. The van der Waals surface area contributed by atoms with Gasteiger partial charge in [-0.2, -0.15) is 12.7 Å². The molecule has 6 rings (SSSR count). The zero-order chi connectivity index (χ0) is 41.8. The number of aromatic nitrogens is 3. The first-order valence-corrected chi connectivity index (χ1v) is 23.0. The second-order valence-corrected chi connectivity index (χ2v) is 21.6. The number of esters is 1. The van der Waals surface area contributed by atoms with Crippen molar-refractivity contribution in [2.75, 3.05) is 19.8 Å². The van der Waals surface area contributed by atoms with Crippen molar-refractivity contribution in [2.24, 2.45) is 0 Å². The van der Waals surface area contributed by atoms with E-state index in [9.17, 15) is 23.4 Å². The molecule has 3 atom stereocenters. The summed E-state index contributed by atoms with van der Waals surface area (Å²) in [7, 11) is -7.15. The molecule has 0 radical (unpaired) electrons. The van der Waals surface area contributed by atoms with Crippen LogP contribution in [-0.4, -0.2) is 78.1 Å². The molecule has 0 saturated heterocycles. The molecule has 2 heterocycles. The van der Waals surface area contributed by atoms with E-state index in [2.05, 4.69) is 55.3 Å². The van der Waals surface area contributed by atoms with E-state index in [4.69, 9.17) is 13.3 Å². The molecule has 58 heavy (non-hydrogen) atoms. The van der Waals surface area contributed by atoms with Crippen LogP contribution in [0.5, 0.6) is 0 Å². The molecule has 5 aromatic rings. The van der Waals surface area contributed by atoms with Crippen LogP contribution < -0.4 is 10.4 Å². The second-order valence-electron chi connectivity index (χ2n) is 15.8. The highest BCUT2D eigenvalue weighted by molar-refractivity contribution is 7.84. The fraction of sp³-hybridized carbons (Fsp3) is 0.386. The summed E-state index contributed by atoms with van der Waals surface area (Å²) in [5.41, 5.74) is 5.59. The lowest BCUT2D eigenvalue weighted by Crippen LogP contribution is -2.68. The third kappa shape index (κ3) is 8.62. The van der Waals surface area contributed by atoms with Crippen molar-refractivity contribution >= 4 is 46.0 Å². The van der Waals surface area contributed by atoms with Crippen LogP contribution in [0.25, 0.3) is 11.0 Å². The Balaban J connectivity index is 1.31. The molecule has 1 aromatic heterocycles. The average molecular weight is 827 g/mol. The van der Waals surface area contributed by atoms with E-state index in [1.807, 2.05) is 85.3 Å². The number of nitrogens with zero attached hydrogens (tertiary/aromatic N) is 4. The van der Waals surface area contributed by atoms with Crippen LogP contribution in [0.2, 0.25) is 5.04 Å². The number of aliphatic hydroxyl groups is 2. The van der Waals surface area contributed by atoms with Gasteiger partial charge < -0.3 is 23.6 Å². The average Bonchev–Trinajstić information content (AvgIpc) is 3.61. The SMILES string of the molecule is CCOC(=O)CC(c1ccc(C)c([C@@H](C)N2CC=C(O)OS2(=O)=O)c1)c1ccc2c(nnn2CC[C@@H](CO)O[Si](c2ccccc2)(c2ccccc2)C(C)(C)C)c1C. The smallest absolute Gasteiger partial charge is 0.388 e. The van der Waals surface area contributed by atoms with Gasteiger partial charge in [0.1, 0.15) is 5.52 Å². The number of aliphatic hydroxyl groups excluding tert-OH is 2. The van der Waals surface area contributed by atoms with Gasteiger partial charge in [0, 0.05) is 25.1 Å². The topological polar surface area (TPSA) is 153 Å². The van der Waals surface area contributed by atoms with Crippen molar-refractivity contribution in [1.82, 2.24) is 19.3 Å². The van der Waals surface area contributed by atoms with Gasteiger partial charge in [0.2, 0.25) is 0 Å². The Morgan fingerprint density at radius 3 is 2.21 bits per heavy atom. The predicted molar refractivity (Wildman–Crippen MR) is 227 cm³/mol. The van der Waals surface area contributed by atoms with Gasteiger partial charge in [-0.1, -0.05) is 111 Å². The maximum atomic E-state index is 13.1. The zero-order valence-electron chi connectivity index (χ0n) is 34.3. The van der Waals surface area contributed by atoms with Gasteiger partial charge >= 0.3 is 16.3 Å². The molecule has 0 bridgehead atoms. The van der Waals surface area contributed by atoms with Gasteiger partial charge in [0.25, 0.3) is 14.3 Å². The van der Waals surface area contributed by atoms with Crippen LogP contribution in [-0.2, 0) is 35.0 Å². The van der Waals surface area contributed by atoms with E-state index in [1.54, 1.807) is 13.8 Å². The Morgan fingerprint density at radius 2 is 1.62 bits per heavy atom. The summed E-state index contributed by atoms with van der Waals surface area (Å²) in [4.78, 5) is 13.1. The highest BCUT2D eigenvalue weighted by atomic mass is 32.2. The van der Waals surface area contributed by atoms with Gasteiger partial charge in [-0.3, -0.25) is 4.79 Å². The van der Waals surface area contributed by atoms with Gasteiger partial charge in [-0.25, -0.2) is 4.68 Å². The largest absolute Gasteiger partial charge is 0.480 e. The number of benzene rings is 4. The first-order chi connectivity index (χ1) is 27.6. The molecule has 0 saturated carbocycles. The van der Waals surface area contributed by atoms with Crippen molar-refractivity contribution in [3.8, 4) is 0 Å². The maximum Gasteiger partial charge on any atom is 0.388 e. The lowest BCUT2D eigenvalue weighted by Gasteiger charge is -2.45. The molecular formula is C44H54N4O8SSi. The number of hydrogen-bond acceptors (Lipinski definition) is 10. The third-order valence-electron chi connectivity index (χ3n) is 11.2. The summed E-state index contributed by atoms with van der Waals surface area (Å²) in [5, 5.41) is 31.7. The van der Waals surface area contributed by atoms with Crippen molar-refractivity contribution in [2.45, 2.75) is 91.0 Å². The molecule has 12 nitrogen and oxygen atoms in total. The fourth-order valence-corrected chi connectivity index (χ4v) is 14.0. The monoisotopic (exact) mass is 826 g/mol. The van der Waals surface area contributed by atoms with Crippen LogP contribution in [0, 0.1) is 13.8 Å². The first-order valence-electron chi connectivity index (χ1n) is 19.7. The zero-order valence-corrected chi connectivity index (χ0v) is 36.1. The summed E-state index contributed by atoms with van der Waals surface area (Å²) in [6.07, 6.45) is 1.36. The minimum Gasteiger partial charge on any atom is -0.480 e. The highest BCUT2D eigenvalue weighted by Crippen LogP contribution is 2.39. The number of fused-ring (bicyclic) bond motifs is 1. The standard InChI is InChI=1S/C44H54N4O8SSi/c1-8-54-42(51)28-39(33-20-19-30(2)38(27-33)32(4)48-26-24-41(50)55-57(48,52)53)37-21-22-40-43(31(37)3)45-46-47(40)25-23-34(29-49)56-58(44(5,6)7,35-15-11-9-12-16-35)36-17-13-10-14-18-36/h9-22,24,27,32,34,39,49-50H,8,23,25-26,28-29H2,1-7H3/t32-,34+,39?/m1/s1. The Bertz CT molecular complexity index is 2320. The van der Waals surface area contributed by atoms with E-state index >= 15 is 0 Å². The van der Waals surface area contributed by atoms with Gasteiger partial charge in [-0.15, -0.1) is 5.10 Å². The minimum absolute atomic E-state index is 0.0463. The highest BCUT2D eigenvalue weighted by Gasteiger charge is 2.51. The van der Waals surface area contributed by atoms with Crippen LogP contribution in [0.1, 0.15) is 87.2 Å². The summed E-state index contributed by atoms with van der Waals surface area (Å²) >= 11 is 0. The van der Waals surface area contributed by atoms with E-state index < -0.39 is 42.6 Å². The fourth-order valence-electron chi connectivity index (χ4n) is 8.20. The van der Waals surface area contributed by atoms with Crippen molar-refractivity contribution in [3.05, 3.63) is 131 Å². The number of hydrogen-bond donors (Lipinski definition) is 2. The van der Waals surface area contributed by atoms with Crippen LogP contribution in [0.3, 0.4) is 0 Å². The lowest BCUT2D eigenvalue weighted by atomic mass is 9.83. The Hall–Kier alpha value is -4.86. The van der Waals surface area contributed by atoms with Crippen molar-refractivity contribution < 1.29 is 36.8 Å². The van der Waals surface area contributed by atoms with Crippen LogP contribution in [0.4, 0.5) is 0 Å². The predicted octanol–water partition coefficient (Wildman–Crippen LogP) is 6.50. The molecule has 1 aliphatic rings. The quantitative estimate of drug-likeness (QED) is 0.0884. The van der Waals surface area contributed by atoms with Crippen LogP contribution in [0.15, 0.2) is 103 Å². The molecule has 2 N–H and O–H groups in total. The van der Waals surface area contributed by atoms with Gasteiger partial charge in [-0.05, 0) is 83.4 Å². The van der Waals surface area contributed by atoms with Crippen molar-refractivity contribution in [1.29, 1.82) is 0 Å². The van der Waals surface area contributed by atoms with E-state index in [0.29, 0.717) is 18.5 Å². The molecule has 308 valence electrons. The third-order valence-corrected chi connectivity index (χ3v) is 17.7. The number of carbonyl (C=O) groups is 1. The lowest BCUT2D eigenvalue weighted by molar-refractivity contribution is -0.143. The van der Waals surface area contributed by atoms with E-state index in [-0.39, 0.29) is 37.2 Å². The van der Waals surface area contributed by atoms with Crippen LogP contribution >= 0.6 is 0 Å². The Kier molecular flexibility index (Phi) is 12.9. The second kappa shape index (κ2) is 17.6. The molecule has 0 spiro atoms. The van der Waals surface area contributed by atoms with E-state index in [1.165, 1.54) is 10.4 Å². The minimum atomic E-state index is -4.23. The Morgan fingerprint density at radius 1 is 0.966 bits per heavy atom. The summed E-state index contributed by atoms with van der Waals surface area (Å²) in [6.45, 7) is 14.5. The summed E-state index contributed by atoms with van der Waals surface area (Å²) in [6, 6.07) is 29.8. The van der Waals surface area contributed by atoms with Gasteiger partial charge in [0.15, 0.2) is 0 Å². The number of aryl methyl sites for hydroxylation is 3. The summed E-state index contributed by atoms with van der Waals surface area (Å²) < 4.78 is 46.2. The molecule has 0 aliphatic carbocycles.